The molecule has 0 unspecified atom stereocenters. The Morgan fingerprint density at radius 2 is 1.70 bits per heavy atom. The second-order valence-corrected chi connectivity index (χ2v) is 8.01. The van der Waals surface area contributed by atoms with Crippen molar-refractivity contribution in [2.24, 2.45) is 0 Å². The number of hydrogen-bond donors (Lipinski definition) is 0. The summed E-state index contributed by atoms with van der Waals surface area (Å²) in [4.78, 5) is 4.61. The highest BCUT2D eigenvalue weighted by Gasteiger charge is 2.17. The molecule has 118 valence electrons. The van der Waals surface area contributed by atoms with Gasteiger partial charge in [-0.3, -0.25) is 0 Å². The predicted octanol–water partition coefficient (Wildman–Crippen LogP) is 3.85. The molecule has 0 fully saturated rings. The van der Waals surface area contributed by atoms with Gasteiger partial charge in [-0.2, -0.15) is 0 Å². The summed E-state index contributed by atoms with van der Waals surface area (Å²) in [5, 5.41) is 2.42. The minimum atomic E-state index is -3.41. The number of hydrogen-bond acceptors (Lipinski definition) is 4. The van der Waals surface area contributed by atoms with Crippen molar-refractivity contribution in [3.8, 4) is 0 Å². The molecule has 0 atom stereocenters. The highest BCUT2D eigenvalue weighted by Crippen LogP contribution is 2.20. The largest absolute Gasteiger partial charge is 0.245 e. The number of sulfone groups is 1. The van der Waals surface area contributed by atoms with Gasteiger partial charge in [-0.15, -0.1) is 11.3 Å². The Labute approximate surface area is 138 Å². The lowest BCUT2D eigenvalue weighted by Crippen LogP contribution is -2.05. The van der Waals surface area contributed by atoms with Crippen LogP contribution in [0.1, 0.15) is 16.3 Å². The zero-order chi connectivity index (χ0) is 16.3. The molecule has 6 heteroatoms. The van der Waals surface area contributed by atoms with Crippen LogP contribution in [0.2, 0.25) is 0 Å². The van der Waals surface area contributed by atoms with Crippen LogP contribution in [0.5, 0.6) is 0 Å². The van der Waals surface area contributed by atoms with Gasteiger partial charge in [0.15, 0.2) is 9.84 Å². The fourth-order valence-corrected chi connectivity index (χ4v) is 4.41. The van der Waals surface area contributed by atoms with Crippen molar-refractivity contribution in [2.45, 2.75) is 17.1 Å². The van der Waals surface area contributed by atoms with Gasteiger partial charge in [0.05, 0.1) is 21.3 Å². The SMILES string of the molecule is O=S(=O)(Cc1csc(Cc2ccccc2F)n1)c1ccccc1. The Balaban J connectivity index is 1.77. The molecule has 0 aliphatic heterocycles. The quantitative estimate of drug-likeness (QED) is 0.704. The van der Waals surface area contributed by atoms with Crippen molar-refractivity contribution < 1.29 is 12.8 Å². The summed E-state index contributed by atoms with van der Waals surface area (Å²) in [6, 6.07) is 14.8. The van der Waals surface area contributed by atoms with Crippen molar-refractivity contribution in [1.82, 2.24) is 4.98 Å². The van der Waals surface area contributed by atoms with Gasteiger partial charge in [0.2, 0.25) is 0 Å². The van der Waals surface area contributed by atoms with Crippen LogP contribution in [-0.2, 0) is 22.0 Å². The lowest BCUT2D eigenvalue weighted by Gasteiger charge is -2.02. The Bertz CT molecular complexity index is 905. The van der Waals surface area contributed by atoms with E-state index in [0.29, 0.717) is 22.7 Å². The maximum atomic E-state index is 13.7. The van der Waals surface area contributed by atoms with Gasteiger partial charge in [0, 0.05) is 11.8 Å². The van der Waals surface area contributed by atoms with E-state index in [0.717, 1.165) is 0 Å². The smallest absolute Gasteiger partial charge is 0.184 e. The van der Waals surface area contributed by atoms with Gasteiger partial charge in [-0.1, -0.05) is 36.4 Å². The summed E-state index contributed by atoms with van der Waals surface area (Å²) in [5.41, 5.74) is 1.05. The van der Waals surface area contributed by atoms with Gasteiger partial charge in [0.1, 0.15) is 5.82 Å². The normalized spacial score (nSPS) is 11.5. The summed E-state index contributed by atoms with van der Waals surface area (Å²) in [7, 11) is -3.41. The van der Waals surface area contributed by atoms with Crippen LogP contribution in [0.3, 0.4) is 0 Å². The van der Waals surface area contributed by atoms with Crippen molar-refractivity contribution in [1.29, 1.82) is 0 Å². The monoisotopic (exact) mass is 347 g/mol. The molecular weight excluding hydrogens is 333 g/mol. The Morgan fingerprint density at radius 1 is 1.00 bits per heavy atom. The molecule has 0 saturated carbocycles. The summed E-state index contributed by atoms with van der Waals surface area (Å²) in [6.45, 7) is 0. The molecule has 0 bridgehead atoms. The molecule has 23 heavy (non-hydrogen) atoms. The van der Waals surface area contributed by atoms with Gasteiger partial charge in [-0.05, 0) is 23.8 Å². The lowest BCUT2D eigenvalue weighted by atomic mass is 10.1. The van der Waals surface area contributed by atoms with Gasteiger partial charge >= 0.3 is 0 Å². The molecule has 0 aliphatic carbocycles. The van der Waals surface area contributed by atoms with E-state index in [2.05, 4.69) is 4.98 Å². The zero-order valence-corrected chi connectivity index (χ0v) is 13.8. The molecule has 2 aromatic carbocycles. The molecule has 3 rings (SSSR count). The summed E-state index contributed by atoms with van der Waals surface area (Å²) >= 11 is 1.35. The number of nitrogens with zero attached hydrogens (tertiary/aromatic N) is 1. The van der Waals surface area contributed by atoms with Crippen LogP contribution >= 0.6 is 11.3 Å². The highest BCUT2D eigenvalue weighted by molar-refractivity contribution is 7.90. The van der Waals surface area contributed by atoms with E-state index in [9.17, 15) is 12.8 Å². The van der Waals surface area contributed by atoms with E-state index in [-0.39, 0.29) is 16.5 Å². The molecule has 0 radical (unpaired) electrons. The van der Waals surface area contributed by atoms with Crippen molar-refractivity contribution in [2.75, 3.05) is 0 Å². The first kappa shape index (κ1) is 15.8. The first-order chi connectivity index (χ1) is 11.0. The lowest BCUT2D eigenvalue weighted by molar-refractivity contribution is 0.594. The Hall–Kier alpha value is -2.05. The van der Waals surface area contributed by atoms with Crippen LogP contribution in [0.25, 0.3) is 0 Å². The molecule has 0 saturated heterocycles. The Morgan fingerprint density at radius 3 is 2.43 bits per heavy atom. The number of aromatic nitrogens is 1. The van der Waals surface area contributed by atoms with E-state index < -0.39 is 9.84 Å². The van der Waals surface area contributed by atoms with E-state index in [1.807, 2.05) is 0 Å². The van der Waals surface area contributed by atoms with E-state index in [1.165, 1.54) is 17.4 Å². The number of rotatable bonds is 5. The van der Waals surface area contributed by atoms with Gasteiger partial charge in [0.25, 0.3) is 0 Å². The molecule has 0 spiro atoms. The number of thiazole rings is 1. The van der Waals surface area contributed by atoms with Crippen molar-refractivity contribution in [3.05, 3.63) is 82.1 Å². The predicted molar refractivity (Wildman–Crippen MR) is 88.7 cm³/mol. The summed E-state index contributed by atoms with van der Waals surface area (Å²) in [6.07, 6.45) is 0.364. The summed E-state index contributed by atoms with van der Waals surface area (Å²) in [5.74, 6) is -0.425. The minimum Gasteiger partial charge on any atom is -0.245 e. The van der Waals surface area contributed by atoms with E-state index in [1.54, 1.807) is 53.9 Å². The average Bonchev–Trinajstić information content (AvgIpc) is 2.97. The van der Waals surface area contributed by atoms with Crippen LogP contribution in [0.15, 0.2) is 64.9 Å². The van der Waals surface area contributed by atoms with E-state index >= 15 is 0 Å². The average molecular weight is 347 g/mol. The molecule has 3 aromatic rings. The molecule has 0 N–H and O–H groups in total. The van der Waals surface area contributed by atoms with Crippen LogP contribution < -0.4 is 0 Å². The minimum absolute atomic E-state index is 0.148. The number of halogens is 1. The van der Waals surface area contributed by atoms with Crippen molar-refractivity contribution in [3.63, 3.8) is 0 Å². The van der Waals surface area contributed by atoms with E-state index in [4.69, 9.17) is 0 Å². The number of benzene rings is 2. The molecule has 0 aliphatic rings. The third-order valence-corrected chi connectivity index (χ3v) is 5.90. The fraction of sp³-hybridized carbons (Fsp3) is 0.118. The van der Waals surface area contributed by atoms with Crippen LogP contribution in [0.4, 0.5) is 4.39 Å². The third kappa shape index (κ3) is 3.83. The van der Waals surface area contributed by atoms with Crippen molar-refractivity contribution >= 4 is 21.2 Å². The maximum absolute atomic E-state index is 13.7. The second-order valence-electron chi connectivity index (χ2n) is 5.07. The first-order valence-corrected chi connectivity index (χ1v) is 9.52. The molecule has 3 nitrogen and oxygen atoms in total. The van der Waals surface area contributed by atoms with Gasteiger partial charge in [-0.25, -0.2) is 17.8 Å². The highest BCUT2D eigenvalue weighted by atomic mass is 32.2. The molecule has 1 aromatic heterocycles. The van der Waals surface area contributed by atoms with Crippen LogP contribution in [-0.4, -0.2) is 13.4 Å². The topological polar surface area (TPSA) is 47.0 Å². The standard InChI is InChI=1S/C17H14FNO2S2/c18-16-9-5-4-6-13(16)10-17-19-14(11-22-17)12-23(20,21)15-7-2-1-3-8-15/h1-9,11H,10,12H2. The summed E-state index contributed by atoms with van der Waals surface area (Å²) < 4.78 is 38.3. The molecular formula is C17H14FNO2S2. The van der Waals surface area contributed by atoms with Crippen LogP contribution in [0, 0.1) is 5.82 Å². The first-order valence-electron chi connectivity index (χ1n) is 6.99. The molecule has 0 amide bonds. The van der Waals surface area contributed by atoms with Gasteiger partial charge < -0.3 is 0 Å². The second kappa shape index (κ2) is 6.60. The third-order valence-electron chi connectivity index (χ3n) is 3.34. The Kier molecular flexibility index (Phi) is 4.54. The molecule has 1 heterocycles. The zero-order valence-electron chi connectivity index (χ0n) is 12.1. The fourth-order valence-electron chi connectivity index (χ4n) is 2.21. The maximum Gasteiger partial charge on any atom is 0.184 e.